The van der Waals surface area contributed by atoms with Gasteiger partial charge in [-0.05, 0) is 39.0 Å². The van der Waals surface area contributed by atoms with E-state index in [1.54, 1.807) is 11.8 Å². The van der Waals surface area contributed by atoms with Gasteiger partial charge < -0.3 is 0 Å². The number of hydrogen-bond donors (Lipinski definition) is 0. The molecular weight excluding hydrogens is 320 g/mol. The quantitative estimate of drug-likeness (QED) is 0.535. The van der Waals surface area contributed by atoms with Gasteiger partial charge in [0.25, 0.3) is 5.78 Å². The molecule has 0 saturated carbocycles. The molecule has 3 aromatic heterocycles. The minimum Gasteiger partial charge on any atom is -0.259 e. The van der Waals surface area contributed by atoms with Gasteiger partial charge >= 0.3 is 0 Å². The van der Waals surface area contributed by atoms with E-state index < -0.39 is 0 Å². The maximum absolute atomic E-state index is 4.73. The molecule has 4 aromatic rings. The zero-order valence-electron chi connectivity index (χ0n) is 13.7. The van der Waals surface area contributed by atoms with Crippen molar-refractivity contribution in [1.82, 2.24) is 29.5 Å². The normalized spacial score (nSPS) is 11.5. The molecule has 0 amide bonds. The average Bonchev–Trinajstić information content (AvgIpc) is 2.96. The maximum Gasteiger partial charge on any atom is 0.256 e. The summed E-state index contributed by atoms with van der Waals surface area (Å²) in [4.78, 5) is 13.8. The monoisotopic (exact) mass is 336 g/mol. The van der Waals surface area contributed by atoms with Crippen LogP contribution in [0, 0.1) is 20.8 Å². The van der Waals surface area contributed by atoms with Gasteiger partial charge in [-0.1, -0.05) is 23.9 Å². The van der Waals surface area contributed by atoms with Crippen molar-refractivity contribution in [2.45, 2.75) is 31.7 Å². The fourth-order valence-corrected chi connectivity index (χ4v) is 3.68. The van der Waals surface area contributed by atoms with Crippen LogP contribution in [0.2, 0.25) is 0 Å². The van der Waals surface area contributed by atoms with Crippen LogP contribution in [0.4, 0.5) is 0 Å². The molecule has 24 heavy (non-hydrogen) atoms. The second-order valence-corrected chi connectivity index (χ2v) is 6.63. The molecule has 0 aliphatic carbocycles. The van der Waals surface area contributed by atoms with Crippen molar-refractivity contribution in [2.75, 3.05) is 0 Å². The largest absolute Gasteiger partial charge is 0.259 e. The summed E-state index contributed by atoms with van der Waals surface area (Å²) in [7, 11) is 0. The van der Waals surface area contributed by atoms with Crippen LogP contribution in [0.15, 0.2) is 35.5 Å². The lowest BCUT2D eigenvalue weighted by Crippen LogP contribution is -2.00. The van der Waals surface area contributed by atoms with Gasteiger partial charge in [0.15, 0.2) is 5.16 Å². The number of aryl methyl sites for hydroxylation is 3. The van der Waals surface area contributed by atoms with Crippen molar-refractivity contribution < 1.29 is 0 Å². The van der Waals surface area contributed by atoms with E-state index in [0.717, 1.165) is 39.0 Å². The number of benzene rings is 1. The summed E-state index contributed by atoms with van der Waals surface area (Å²) >= 11 is 1.60. The van der Waals surface area contributed by atoms with Gasteiger partial charge in [-0.25, -0.2) is 15.0 Å². The van der Waals surface area contributed by atoms with E-state index in [2.05, 4.69) is 20.2 Å². The molecule has 3 heterocycles. The predicted octanol–water partition coefficient (Wildman–Crippen LogP) is 3.29. The molecule has 0 aliphatic rings. The summed E-state index contributed by atoms with van der Waals surface area (Å²) in [5.41, 5.74) is 5.77. The fourth-order valence-electron chi connectivity index (χ4n) is 2.69. The van der Waals surface area contributed by atoms with Crippen molar-refractivity contribution in [3.63, 3.8) is 0 Å². The van der Waals surface area contributed by atoms with E-state index in [0.29, 0.717) is 11.5 Å². The first-order valence-corrected chi connectivity index (χ1v) is 8.65. The highest BCUT2D eigenvalue weighted by Gasteiger charge is 2.12. The SMILES string of the molecule is Cc1cc(C)n2c(SCc3nc4ccccc4nc3C)nnc2n1. The maximum atomic E-state index is 4.73. The lowest BCUT2D eigenvalue weighted by molar-refractivity contribution is 0.884. The summed E-state index contributed by atoms with van der Waals surface area (Å²) in [6.45, 7) is 5.99. The Labute approximate surface area is 143 Å². The lowest BCUT2D eigenvalue weighted by atomic mass is 10.2. The van der Waals surface area contributed by atoms with Crippen LogP contribution < -0.4 is 0 Å². The average molecular weight is 336 g/mol. The van der Waals surface area contributed by atoms with Gasteiger partial charge in [0, 0.05) is 17.1 Å². The highest BCUT2D eigenvalue weighted by Crippen LogP contribution is 2.24. The smallest absolute Gasteiger partial charge is 0.256 e. The zero-order valence-corrected chi connectivity index (χ0v) is 14.5. The van der Waals surface area contributed by atoms with Gasteiger partial charge in [-0.3, -0.25) is 4.40 Å². The number of para-hydroxylation sites is 2. The molecule has 0 radical (unpaired) electrons. The molecule has 7 heteroatoms. The first kappa shape index (κ1) is 15.0. The van der Waals surface area contributed by atoms with Crippen LogP contribution >= 0.6 is 11.8 Å². The van der Waals surface area contributed by atoms with E-state index in [9.17, 15) is 0 Å². The Kier molecular flexibility index (Phi) is 3.65. The van der Waals surface area contributed by atoms with E-state index >= 15 is 0 Å². The molecule has 0 fully saturated rings. The van der Waals surface area contributed by atoms with Crippen LogP contribution in [0.25, 0.3) is 16.8 Å². The minimum absolute atomic E-state index is 0.635. The van der Waals surface area contributed by atoms with Gasteiger partial charge in [-0.2, -0.15) is 0 Å². The van der Waals surface area contributed by atoms with Crippen molar-refractivity contribution in [3.8, 4) is 0 Å². The topological polar surface area (TPSA) is 68.9 Å². The fraction of sp³-hybridized carbons (Fsp3) is 0.235. The van der Waals surface area contributed by atoms with Crippen molar-refractivity contribution in [1.29, 1.82) is 0 Å². The third kappa shape index (κ3) is 2.60. The molecule has 0 unspecified atom stereocenters. The molecule has 4 rings (SSSR count). The molecular formula is C17H16N6S. The molecule has 120 valence electrons. The molecule has 0 bridgehead atoms. The minimum atomic E-state index is 0.635. The van der Waals surface area contributed by atoms with Crippen LogP contribution in [0.3, 0.4) is 0 Å². The van der Waals surface area contributed by atoms with Crippen molar-refractivity contribution >= 4 is 28.6 Å². The first-order chi connectivity index (χ1) is 11.6. The molecule has 0 N–H and O–H groups in total. The molecule has 0 saturated heterocycles. The molecule has 1 aromatic carbocycles. The van der Waals surface area contributed by atoms with Crippen LogP contribution in [-0.4, -0.2) is 29.5 Å². The zero-order chi connectivity index (χ0) is 16.7. The van der Waals surface area contributed by atoms with Gasteiger partial charge in [0.05, 0.1) is 22.4 Å². The molecule has 6 nitrogen and oxygen atoms in total. The third-order valence-corrected chi connectivity index (χ3v) is 4.78. The van der Waals surface area contributed by atoms with Crippen molar-refractivity contribution in [3.05, 3.63) is 53.1 Å². The van der Waals surface area contributed by atoms with Gasteiger partial charge in [0.2, 0.25) is 0 Å². The Morgan fingerprint density at radius 1 is 0.958 bits per heavy atom. The first-order valence-electron chi connectivity index (χ1n) is 7.66. The Bertz CT molecular complexity index is 1060. The number of rotatable bonds is 3. The summed E-state index contributed by atoms with van der Waals surface area (Å²) in [6.07, 6.45) is 0. The highest BCUT2D eigenvalue weighted by atomic mass is 32.2. The van der Waals surface area contributed by atoms with E-state index in [-0.39, 0.29) is 0 Å². The number of aromatic nitrogens is 6. The van der Waals surface area contributed by atoms with E-state index in [1.165, 1.54) is 0 Å². The molecule has 0 spiro atoms. The summed E-state index contributed by atoms with van der Waals surface area (Å²) in [5.74, 6) is 1.33. The van der Waals surface area contributed by atoms with Crippen LogP contribution in [-0.2, 0) is 5.75 Å². The summed E-state index contributed by atoms with van der Waals surface area (Å²) in [6, 6.07) is 9.95. The number of fused-ring (bicyclic) bond motifs is 2. The number of hydrogen-bond acceptors (Lipinski definition) is 6. The second kappa shape index (κ2) is 5.83. The Morgan fingerprint density at radius 2 is 1.71 bits per heavy atom. The Balaban J connectivity index is 1.67. The second-order valence-electron chi connectivity index (χ2n) is 5.69. The predicted molar refractivity (Wildman–Crippen MR) is 94.1 cm³/mol. The highest BCUT2D eigenvalue weighted by molar-refractivity contribution is 7.98. The van der Waals surface area contributed by atoms with E-state index in [1.807, 2.05) is 55.5 Å². The van der Waals surface area contributed by atoms with Gasteiger partial charge in [-0.15, -0.1) is 10.2 Å². The third-order valence-electron chi connectivity index (χ3n) is 3.84. The van der Waals surface area contributed by atoms with E-state index in [4.69, 9.17) is 4.98 Å². The lowest BCUT2D eigenvalue weighted by Gasteiger charge is -2.07. The molecule has 0 aliphatic heterocycles. The molecule has 0 atom stereocenters. The Hall–Kier alpha value is -2.54. The summed E-state index contributed by atoms with van der Waals surface area (Å²) < 4.78 is 1.97. The van der Waals surface area contributed by atoms with Crippen LogP contribution in [0.5, 0.6) is 0 Å². The van der Waals surface area contributed by atoms with Crippen molar-refractivity contribution in [2.24, 2.45) is 0 Å². The number of thioether (sulfide) groups is 1. The van der Waals surface area contributed by atoms with Crippen LogP contribution in [0.1, 0.15) is 22.8 Å². The Morgan fingerprint density at radius 3 is 2.50 bits per heavy atom. The van der Waals surface area contributed by atoms with Gasteiger partial charge in [0.1, 0.15) is 0 Å². The summed E-state index contributed by atoms with van der Waals surface area (Å²) in [5, 5.41) is 9.26. The number of nitrogens with zero attached hydrogens (tertiary/aromatic N) is 6. The standard InChI is InChI=1S/C17H16N6S/c1-10-8-11(2)23-16(18-10)21-22-17(23)24-9-15-12(3)19-13-6-4-5-7-14(13)20-15/h4-8H,9H2,1-3H3.